The molecular formula is C20H15ClF3NO5. The quantitative estimate of drug-likeness (QED) is 0.531. The van der Waals surface area contributed by atoms with Crippen molar-refractivity contribution < 1.29 is 37.0 Å². The average molecular weight is 442 g/mol. The van der Waals surface area contributed by atoms with Gasteiger partial charge in [0.1, 0.15) is 17.7 Å². The highest BCUT2D eigenvalue weighted by molar-refractivity contribution is 6.30. The number of aliphatic carboxylic acids is 1. The van der Waals surface area contributed by atoms with E-state index in [9.17, 15) is 23.1 Å². The predicted molar refractivity (Wildman–Crippen MR) is 100 cm³/mol. The van der Waals surface area contributed by atoms with Crippen LogP contribution in [0.5, 0.6) is 5.75 Å². The van der Waals surface area contributed by atoms with Crippen molar-refractivity contribution in [1.82, 2.24) is 4.98 Å². The monoisotopic (exact) mass is 441 g/mol. The fraction of sp³-hybridized carbons (Fsp3) is 0.200. The summed E-state index contributed by atoms with van der Waals surface area (Å²) in [6, 6.07) is 8.23. The van der Waals surface area contributed by atoms with Crippen LogP contribution < -0.4 is 4.74 Å². The predicted octanol–water partition coefficient (Wildman–Crippen LogP) is 5.36. The van der Waals surface area contributed by atoms with Gasteiger partial charge in [0.2, 0.25) is 12.0 Å². The van der Waals surface area contributed by atoms with E-state index in [1.165, 1.54) is 37.6 Å². The molecule has 1 unspecified atom stereocenters. The van der Waals surface area contributed by atoms with Gasteiger partial charge >= 0.3 is 12.1 Å². The Balaban J connectivity index is 2.00. The molecule has 3 rings (SSSR count). The standard InChI is InChI=1S/C20H15ClF3NO5/c1-28-9-14-10-29-18(25-14)15-8-13(21)5-6-16(15)30-17(19(26)27)11-3-2-4-12(7-11)20(22,23)24/h2-8,10,17H,9H2,1H3,(H,26,27). The van der Waals surface area contributed by atoms with Crippen LogP contribution in [-0.4, -0.2) is 23.2 Å². The minimum atomic E-state index is -4.62. The molecule has 1 N–H and O–H groups in total. The summed E-state index contributed by atoms with van der Waals surface area (Å²) < 4.78 is 55.0. The number of oxazole rings is 1. The molecule has 30 heavy (non-hydrogen) atoms. The maximum absolute atomic E-state index is 13.0. The van der Waals surface area contributed by atoms with Gasteiger partial charge in [0.05, 0.1) is 17.7 Å². The van der Waals surface area contributed by atoms with Gasteiger partial charge in [0.25, 0.3) is 0 Å². The van der Waals surface area contributed by atoms with Crippen LogP contribution >= 0.6 is 11.6 Å². The van der Waals surface area contributed by atoms with E-state index in [0.717, 1.165) is 18.2 Å². The molecule has 0 aliphatic heterocycles. The third-order valence-corrected chi connectivity index (χ3v) is 4.24. The van der Waals surface area contributed by atoms with Crippen LogP contribution in [0.15, 0.2) is 53.1 Å². The second-order valence-corrected chi connectivity index (χ2v) is 6.61. The van der Waals surface area contributed by atoms with Gasteiger partial charge < -0.3 is 19.0 Å². The van der Waals surface area contributed by atoms with E-state index in [4.69, 9.17) is 25.5 Å². The highest BCUT2D eigenvalue weighted by Gasteiger charge is 2.32. The Morgan fingerprint density at radius 3 is 2.70 bits per heavy atom. The molecular weight excluding hydrogens is 427 g/mol. The van der Waals surface area contributed by atoms with Crippen molar-refractivity contribution >= 4 is 17.6 Å². The molecule has 0 saturated carbocycles. The van der Waals surface area contributed by atoms with Crippen LogP contribution in [0, 0.1) is 0 Å². The third kappa shape index (κ3) is 4.92. The van der Waals surface area contributed by atoms with Gasteiger partial charge in [-0.15, -0.1) is 0 Å². The minimum absolute atomic E-state index is 0.0232. The summed E-state index contributed by atoms with van der Waals surface area (Å²) in [6.45, 7) is 0.183. The Labute approximate surface area is 173 Å². The van der Waals surface area contributed by atoms with Crippen molar-refractivity contribution in [3.8, 4) is 17.2 Å². The summed E-state index contributed by atoms with van der Waals surface area (Å²) in [5, 5.41) is 9.88. The Morgan fingerprint density at radius 1 is 1.27 bits per heavy atom. The Morgan fingerprint density at radius 2 is 2.03 bits per heavy atom. The fourth-order valence-electron chi connectivity index (χ4n) is 2.68. The van der Waals surface area contributed by atoms with Crippen LogP contribution in [0.3, 0.4) is 0 Å². The second-order valence-electron chi connectivity index (χ2n) is 6.18. The largest absolute Gasteiger partial charge is 0.478 e. The molecule has 0 radical (unpaired) electrons. The SMILES string of the molecule is COCc1coc(-c2cc(Cl)ccc2OC(C(=O)O)c2cccc(C(F)(F)F)c2)n1. The second kappa shape index (κ2) is 8.76. The van der Waals surface area contributed by atoms with Crippen LogP contribution in [0.4, 0.5) is 13.2 Å². The van der Waals surface area contributed by atoms with Gasteiger partial charge in [-0.3, -0.25) is 0 Å². The Hall–Kier alpha value is -3.04. The highest BCUT2D eigenvalue weighted by Crippen LogP contribution is 2.36. The van der Waals surface area contributed by atoms with E-state index in [2.05, 4.69) is 4.98 Å². The molecule has 2 aromatic carbocycles. The third-order valence-electron chi connectivity index (χ3n) is 4.00. The first-order chi connectivity index (χ1) is 14.2. The lowest BCUT2D eigenvalue weighted by atomic mass is 10.1. The zero-order valence-corrected chi connectivity index (χ0v) is 16.2. The van der Waals surface area contributed by atoms with E-state index in [1.54, 1.807) is 0 Å². The molecule has 0 saturated heterocycles. The Bertz CT molecular complexity index is 1050. The molecule has 3 aromatic rings. The van der Waals surface area contributed by atoms with Crippen LogP contribution in [0.2, 0.25) is 5.02 Å². The molecule has 0 fully saturated rings. The molecule has 158 valence electrons. The highest BCUT2D eigenvalue weighted by atomic mass is 35.5. The number of methoxy groups -OCH3 is 1. The van der Waals surface area contributed by atoms with Crippen molar-refractivity contribution in [3.05, 3.63) is 70.6 Å². The first-order valence-corrected chi connectivity index (χ1v) is 8.86. The molecule has 1 aromatic heterocycles. The number of carboxylic acid groups (broad SMARTS) is 1. The van der Waals surface area contributed by atoms with Gasteiger partial charge in [0, 0.05) is 17.7 Å². The number of halogens is 4. The van der Waals surface area contributed by atoms with Crippen molar-refractivity contribution in [2.45, 2.75) is 18.9 Å². The number of alkyl halides is 3. The lowest BCUT2D eigenvalue weighted by molar-refractivity contribution is -0.146. The number of carboxylic acids is 1. The number of ether oxygens (including phenoxy) is 2. The molecule has 10 heteroatoms. The topological polar surface area (TPSA) is 81.8 Å². The molecule has 0 aliphatic rings. The zero-order chi connectivity index (χ0) is 21.9. The Kier molecular flexibility index (Phi) is 6.33. The zero-order valence-electron chi connectivity index (χ0n) is 15.4. The van der Waals surface area contributed by atoms with Crippen LogP contribution in [0.25, 0.3) is 11.5 Å². The van der Waals surface area contributed by atoms with E-state index in [-0.39, 0.29) is 29.4 Å². The van der Waals surface area contributed by atoms with E-state index in [0.29, 0.717) is 10.7 Å². The number of rotatable bonds is 7. The number of benzene rings is 2. The van der Waals surface area contributed by atoms with Gasteiger partial charge in [-0.25, -0.2) is 9.78 Å². The molecule has 1 heterocycles. The molecule has 1 atom stereocenters. The summed E-state index contributed by atoms with van der Waals surface area (Å²) in [6.07, 6.45) is -4.98. The number of carbonyl (C=O) groups is 1. The van der Waals surface area contributed by atoms with Gasteiger partial charge in [-0.1, -0.05) is 23.7 Å². The lowest BCUT2D eigenvalue weighted by Gasteiger charge is -2.18. The maximum atomic E-state index is 13.0. The number of nitrogens with zero attached hydrogens (tertiary/aromatic N) is 1. The van der Waals surface area contributed by atoms with Gasteiger partial charge in [0.15, 0.2) is 0 Å². The van der Waals surface area contributed by atoms with Crippen molar-refractivity contribution in [2.24, 2.45) is 0 Å². The maximum Gasteiger partial charge on any atom is 0.416 e. The summed E-state index contributed by atoms with van der Waals surface area (Å²) >= 11 is 6.03. The van der Waals surface area contributed by atoms with Crippen LogP contribution in [0.1, 0.15) is 22.9 Å². The van der Waals surface area contributed by atoms with Crippen molar-refractivity contribution in [2.75, 3.05) is 7.11 Å². The van der Waals surface area contributed by atoms with Crippen LogP contribution in [-0.2, 0) is 22.3 Å². The number of aromatic nitrogens is 1. The molecule has 0 aliphatic carbocycles. The normalized spacial score (nSPS) is 12.6. The average Bonchev–Trinajstić information content (AvgIpc) is 3.15. The van der Waals surface area contributed by atoms with E-state index >= 15 is 0 Å². The minimum Gasteiger partial charge on any atom is -0.478 e. The van der Waals surface area contributed by atoms with Gasteiger partial charge in [-0.05, 0) is 30.3 Å². The van der Waals surface area contributed by atoms with Crippen molar-refractivity contribution in [1.29, 1.82) is 0 Å². The number of hydrogen-bond acceptors (Lipinski definition) is 5. The van der Waals surface area contributed by atoms with E-state index < -0.39 is 23.8 Å². The number of hydrogen-bond donors (Lipinski definition) is 1. The van der Waals surface area contributed by atoms with Gasteiger partial charge in [-0.2, -0.15) is 13.2 Å². The fourth-order valence-corrected chi connectivity index (χ4v) is 2.86. The molecule has 6 nitrogen and oxygen atoms in total. The smallest absolute Gasteiger partial charge is 0.416 e. The lowest BCUT2D eigenvalue weighted by Crippen LogP contribution is -2.19. The first kappa shape index (κ1) is 21.7. The first-order valence-electron chi connectivity index (χ1n) is 8.49. The molecule has 0 amide bonds. The summed E-state index contributed by atoms with van der Waals surface area (Å²) in [5.41, 5.74) is -0.442. The molecule has 0 bridgehead atoms. The summed E-state index contributed by atoms with van der Waals surface area (Å²) in [4.78, 5) is 16.0. The summed E-state index contributed by atoms with van der Waals surface area (Å²) in [5.74, 6) is -1.36. The van der Waals surface area contributed by atoms with Crippen molar-refractivity contribution in [3.63, 3.8) is 0 Å². The van der Waals surface area contributed by atoms with E-state index in [1.807, 2.05) is 0 Å². The summed E-state index contributed by atoms with van der Waals surface area (Å²) in [7, 11) is 1.48. The molecule has 0 spiro atoms.